The van der Waals surface area contributed by atoms with Gasteiger partial charge in [0.25, 0.3) is 0 Å². The number of hydrogen-bond donors (Lipinski definition) is 3. The van der Waals surface area contributed by atoms with Crippen LogP contribution in [-0.2, 0) is 0 Å². The topological polar surface area (TPSA) is 107 Å². The Morgan fingerprint density at radius 3 is 2.11 bits per heavy atom. The molecule has 0 atom stereocenters. The van der Waals surface area contributed by atoms with Gasteiger partial charge in [0, 0.05) is 24.3 Å². The van der Waals surface area contributed by atoms with E-state index in [-0.39, 0.29) is 6.79 Å². The van der Waals surface area contributed by atoms with Crippen molar-refractivity contribution < 1.29 is 39.0 Å². The minimum atomic E-state index is -0.556. The Labute approximate surface area is 156 Å². The van der Waals surface area contributed by atoms with E-state index in [1.54, 1.807) is 19.2 Å². The summed E-state index contributed by atoms with van der Waals surface area (Å²) in [6, 6.07) is 6.05. The summed E-state index contributed by atoms with van der Waals surface area (Å²) in [5, 5.41) is 28.1. The van der Waals surface area contributed by atoms with Gasteiger partial charge in [-0.15, -0.1) is 0 Å². The highest BCUT2D eigenvalue weighted by Crippen LogP contribution is 2.44. The summed E-state index contributed by atoms with van der Waals surface area (Å²) in [5.41, 5.74) is 0. The number of ether oxygens (including phenoxy) is 5. The lowest BCUT2D eigenvalue weighted by Gasteiger charge is -2.10. The second kappa shape index (κ2) is 8.48. The zero-order valence-corrected chi connectivity index (χ0v) is 14.9. The van der Waals surface area contributed by atoms with Gasteiger partial charge in [0.15, 0.2) is 23.0 Å². The van der Waals surface area contributed by atoms with Crippen LogP contribution < -0.4 is 23.7 Å². The Balaban J connectivity index is 1.37. The monoisotopic (exact) mass is 378 g/mol. The highest BCUT2D eigenvalue weighted by molar-refractivity contribution is 5.57. The van der Waals surface area contributed by atoms with Crippen molar-refractivity contribution >= 4 is 0 Å². The molecule has 0 fully saturated rings. The Hall–Kier alpha value is -3.16. The van der Waals surface area contributed by atoms with E-state index in [1.165, 1.54) is 12.1 Å². The van der Waals surface area contributed by atoms with Gasteiger partial charge >= 0.3 is 0 Å². The van der Waals surface area contributed by atoms with Gasteiger partial charge in [0.05, 0.1) is 20.3 Å². The van der Waals surface area contributed by atoms with E-state index in [0.717, 1.165) is 19.3 Å². The molecule has 2 aromatic rings. The first kappa shape index (κ1) is 18.6. The first-order valence-electron chi connectivity index (χ1n) is 8.56. The molecule has 0 unspecified atom stereocenters. The zero-order chi connectivity index (χ0) is 19.2. The molecule has 0 aromatic heterocycles. The molecule has 3 rings (SSSR count). The zero-order valence-electron chi connectivity index (χ0n) is 14.9. The van der Waals surface area contributed by atoms with Crippen molar-refractivity contribution in [2.24, 2.45) is 0 Å². The van der Waals surface area contributed by atoms with E-state index in [0.29, 0.717) is 42.0 Å². The molecule has 8 nitrogen and oxygen atoms in total. The number of fused-ring (bicyclic) bond motifs is 1. The van der Waals surface area contributed by atoms with Gasteiger partial charge in [-0.1, -0.05) is 0 Å². The molecular weight excluding hydrogens is 356 g/mol. The Kier molecular flexibility index (Phi) is 5.85. The number of unbranched alkanes of at least 4 members (excludes halogenated alkanes) is 2. The van der Waals surface area contributed by atoms with Crippen LogP contribution in [0.4, 0.5) is 0 Å². The third-order valence-electron chi connectivity index (χ3n) is 4.00. The molecule has 0 saturated heterocycles. The third kappa shape index (κ3) is 4.52. The normalized spacial score (nSPS) is 12.0. The first-order valence-corrected chi connectivity index (χ1v) is 8.56. The summed E-state index contributed by atoms with van der Waals surface area (Å²) in [6.07, 6.45) is 2.47. The summed E-state index contributed by atoms with van der Waals surface area (Å²) in [7, 11) is 1.56. The molecule has 0 radical (unpaired) electrons. The number of hydrogen-bond acceptors (Lipinski definition) is 8. The minimum Gasteiger partial charge on any atom is -0.504 e. The fourth-order valence-corrected chi connectivity index (χ4v) is 2.61. The molecule has 0 amide bonds. The third-order valence-corrected chi connectivity index (χ3v) is 4.00. The van der Waals surface area contributed by atoms with Gasteiger partial charge in [0.2, 0.25) is 18.3 Å². The standard InChI is InChI=1S/C19H22O8/c1-23-16-9-13(10-17-19(16)27-11-26-17)25-6-4-2-3-5-24-12-7-14(20)18(22)15(21)8-12/h7-10,20-22H,2-6,11H2,1H3. The van der Waals surface area contributed by atoms with Crippen LogP contribution in [-0.4, -0.2) is 42.4 Å². The molecule has 1 aliphatic heterocycles. The average molecular weight is 378 g/mol. The van der Waals surface area contributed by atoms with Crippen molar-refractivity contribution in [3.63, 3.8) is 0 Å². The van der Waals surface area contributed by atoms with Crippen LogP contribution in [0.2, 0.25) is 0 Å². The van der Waals surface area contributed by atoms with Crippen molar-refractivity contribution in [1.29, 1.82) is 0 Å². The molecular formula is C19H22O8. The predicted octanol–water partition coefficient (Wildman–Crippen LogP) is 3.17. The van der Waals surface area contributed by atoms with E-state index in [2.05, 4.69) is 0 Å². The molecule has 3 N–H and O–H groups in total. The Bertz CT molecular complexity index is 767. The molecule has 1 aliphatic rings. The maximum absolute atomic E-state index is 9.43. The smallest absolute Gasteiger partial charge is 0.231 e. The number of aromatic hydroxyl groups is 3. The lowest BCUT2D eigenvalue weighted by atomic mass is 10.2. The van der Waals surface area contributed by atoms with Gasteiger partial charge in [-0.25, -0.2) is 0 Å². The number of benzene rings is 2. The van der Waals surface area contributed by atoms with E-state index in [9.17, 15) is 15.3 Å². The van der Waals surface area contributed by atoms with Crippen molar-refractivity contribution in [1.82, 2.24) is 0 Å². The van der Waals surface area contributed by atoms with Crippen molar-refractivity contribution in [2.75, 3.05) is 27.1 Å². The lowest BCUT2D eigenvalue weighted by Crippen LogP contribution is -2.01. The Morgan fingerprint density at radius 1 is 0.852 bits per heavy atom. The van der Waals surface area contributed by atoms with Crippen molar-refractivity contribution in [2.45, 2.75) is 19.3 Å². The van der Waals surface area contributed by atoms with E-state index in [4.69, 9.17) is 23.7 Å². The van der Waals surface area contributed by atoms with Gasteiger partial charge in [0.1, 0.15) is 11.5 Å². The minimum absolute atomic E-state index is 0.172. The van der Waals surface area contributed by atoms with Crippen LogP contribution in [0.15, 0.2) is 24.3 Å². The molecule has 0 aliphatic carbocycles. The fourth-order valence-electron chi connectivity index (χ4n) is 2.61. The number of methoxy groups -OCH3 is 1. The molecule has 0 saturated carbocycles. The quantitative estimate of drug-likeness (QED) is 0.451. The lowest BCUT2D eigenvalue weighted by molar-refractivity contribution is 0.171. The van der Waals surface area contributed by atoms with Gasteiger partial charge in [-0.05, 0) is 19.3 Å². The van der Waals surface area contributed by atoms with Crippen LogP contribution in [0.5, 0.6) is 46.0 Å². The highest BCUT2D eigenvalue weighted by atomic mass is 16.7. The van der Waals surface area contributed by atoms with Crippen LogP contribution in [0.25, 0.3) is 0 Å². The molecule has 146 valence electrons. The van der Waals surface area contributed by atoms with E-state index in [1.807, 2.05) is 0 Å². The van der Waals surface area contributed by atoms with Crippen LogP contribution >= 0.6 is 0 Å². The molecule has 1 heterocycles. The predicted molar refractivity (Wildman–Crippen MR) is 95.4 cm³/mol. The summed E-state index contributed by atoms with van der Waals surface area (Å²) >= 11 is 0. The van der Waals surface area contributed by atoms with Crippen LogP contribution in [0, 0.1) is 0 Å². The molecule has 2 aromatic carbocycles. The largest absolute Gasteiger partial charge is 0.504 e. The maximum atomic E-state index is 9.43. The van der Waals surface area contributed by atoms with E-state index < -0.39 is 17.2 Å². The van der Waals surface area contributed by atoms with Crippen molar-refractivity contribution in [3.8, 4) is 46.0 Å². The molecule has 0 bridgehead atoms. The highest BCUT2D eigenvalue weighted by Gasteiger charge is 2.20. The molecule has 8 heteroatoms. The Morgan fingerprint density at radius 2 is 1.48 bits per heavy atom. The van der Waals surface area contributed by atoms with Gasteiger partial charge < -0.3 is 39.0 Å². The van der Waals surface area contributed by atoms with Crippen molar-refractivity contribution in [3.05, 3.63) is 24.3 Å². The summed E-state index contributed by atoms with van der Waals surface area (Å²) < 4.78 is 27.2. The first-order chi connectivity index (χ1) is 13.1. The van der Waals surface area contributed by atoms with Crippen LogP contribution in [0.3, 0.4) is 0 Å². The second-order valence-electron chi connectivity index (χ2n) is 5.93. The fraction of sp³-hybridized carbons (Fsp3) is 0.368. The summed E-state index contributed by atoms with van der Waals surface area (Å²) in [4.78, 5) is 0. The molecule has 0 spiro atoms. The van der Waals surface area contributed by atoms with E-state index >= 15 is 0 Å². The number of rotatable bonds is 9. The van der Waals surface area contributed by atoms with Gasteiger partial charge in [-0.2, -0.15) is 0 Å². The maximum Gasteiger partial charge on any atom is 0.231 e. The summed E-state index contributed by atoms with van der Waals surface area (Å²) in [5.74, 6) is 1.34. The molecule has 27 heavy (non-hydrogen) atoms. The summed E-state index contributed by atoms with van der Waals surface area (Å²) in [6.45, 7) is 1.12. The second-order valence-corrected chi connectivity index (χ2v) is 5.93. The number of phenols is 3. The van der Waals surface area contributed by atoms with Crippen LogP contribution in [0.1, 0.15) is 19.3 Å². The van der Waals surface area contributed by atoms with Gasteiger partial charge in [-0.3, -0.25) is 0 Å². The number of phenolic OH excluding ortho intramolecular Hbond substituents is 3. The average Bonchev–Trinajstić information content (AvgIpc) is 3.13. The SMILES string of the molecule is COc1cc(OCCCCCOc2cc(O)c(O)c(O)c2)cc2c1OCO2.